The number of carbonyl (C=O) groups is 2. The second-order valence-electron chi connectivity index (χ2n) is 8.82. The van der Waals surface area contributed by atoms with Crippen LogP contribution in [0.3, 0.4) is 0 Å². The summed E-state index contributed by atoms with van der Waals surface area (Å²) in [5, 5.41) is 3.04. The summed E-state index contributed by atoms with van der Waals surface area (Å²) in [6.07, 6.45) is 1.55. The smallest absolute Gasteiger partial charge is 0.274 e. The maximum Gasteiger partial charge on any atom is 0.274 e. The van der Waals surface area contributed by atoms with Crippen LogP contribution in [-0.4, -0.2) is 49.3 Å². The van der Waals surface area contributed by atoms with Crippen LogP contribution in [0.25, 0.3) is 0 Å². The van der Waals surface area contributed by atoms with Gasteiger partial charge in [-0.2, -0.15) is 0 Å². The van der Waals surface area contributed by atoms with Crippen molar-refractivity contribution in [2.45, 2.75) is 31.5 Å². The van der Waals surface area contributed by atoms with Gasteiger partial charge in [0.25, 0.3) is 17.4 Å². The Hall–Kier alpha value is -3.76. The van der Waals surface area contributed by atoms with Crippen LogP contribution >= 0.6 is 11.6 Å². The zero-order valence-electron chi connectivity index (χ0n) is 20.9. The predicted molar refractivity (Wildman–Crippen MR) is 138 cm³/mol. The first-order valence-corrected chi connectivity index (χ1v) is 12.2. The zero-order chi connectivity index (χ0) is 27.6. The van der Waals surface area contributed by atoms with Gasteiger partial charge in [0.2, 0.25) is 0 Å². The van der Waals surface area contributed by atoms with Gasteiger partial charge in [-0.3, -0.25) is 14.4 Å². The van der Waals surface area contributed by atoms with Crippen molar-refractivity contribution in [1.29, 1.82) is 0 Å². The summed E-state index contributed by atoms with van der Waals surface area (Å²) in [5.74, 6) is -4.41. The molecule has 38 heavy (non-hydrogen) atoms. The van der Waals surface area contributed by atoms with Gasteiger partial charge in [-0.25, -0.2) is 8.78 Å². The lowest BCUT2D eigenvalue weighted by atomic mass is 9.87. The van der Waals surface area contributed by atoms with Crippen LogP contribution in [-0.2, 0) is 16.1 Å². The Kier molecular flexibility index (Phi) is 8.13. The minimum absolute atomic E-state index is 0.0173. The van der Waals surface area contributed by atoms with Gasteiger partial charge in [0.15, 0.2) is 0 Å². The molecule has 0 aliphatic carbocycles. The highest BCUT2D eigenvalue weighted by atomic mass is 35.5. The van der Waals surface area contributed by atoms with Crippen molar-refractivity contribution in [3.05, 3.63) is 92.9 Å². The van der Waals surface area contributed by atoms with Gasteiger partial charge in [-0.05, 0) is 43.3 Å². The molecule has 1 fully saturated rings. The molecule has 0 spiro atoms. The summed E-state index contributed by atoms with van der Waals surface area (Å²) in [4.78, 5) is 41.3. The van der Waals surface area contributed by atoms with E-state index in [-0.39, 0.29) is 30.2 Å². The van der Waals surface area contributed by atoms with Crippen molar-refractivity contribution in [3.63, 3.8) is 0 Å². The third-order valence-electron chi connectivity index (χ3n) is 6.60. The molecule has 3 aromatic rings. The van der Waals surface area contributed by atoms with Crippen LogP contribution in [0.4, 0.5) is 14.5 Å². The summed E-state index contributed by atoms with van der Waals surface area (Å²) < 4.78 is 42.0. The number of pyridine rings is 1. The fourth-order valence-corrected chi connectivity index (χ4v) is 4.86. The summed E-state index contributed by atoms with van der Waals surface area (Å²) in [6.45, 7) is 2.07. The lowest BCUT2D eigenvalue weighted by Crippen LogP contribution is -2.44. The van der Waals surface area contributed by atoms with Gasteiger partial charge >= 0.3 is 0 Å². The zero-order valence-corrected chi connectivity index (χ0v) is 21.7. The minimum atomic E-state index is -1.38. The number of hydrogen-bond acceptors (Lipinski definition) is 5. The highest BCUT2D eigenvalue weighted by Gasteiger charge is 2.50. The monoisotopic (exact) mass is 545 g/mol. The van der Waals surface area contributed by atoms with E-state index in [4.69, 9.17) is 21.1 Å². The molecule has 3 atom stereocenters. The molecule has 1 N–H and O–H groups in total. The molecule has 8 nitrogen and oxygen atoms in total. The normalized spacial score (nSPS) is 19.1. The van der Waals surface area contributed by atoms with Gasteiger partial charge in [-0.1, -0.05) is 11.6 Å². The van der Waals surface area contributed by atoms with E-state index in [2.05, 4.69) is 5.32 Å². The molecule has 11 heteroatoms. The number of hydrogen-bond donors (Lipinski definition) is 1. The molecule has 2 heterocycles. The molecule has 1 aliphatic heterocycles. The first-order valence-electron chi connectivity index (χ1n) is 11.8. The maximum atomic E-state index is 15.3. The molecule has 1 saturated heterocycles. The highest BCUT2D eigenvalue weighted by molar-refractivity contribution is 6.30. The van der Waals surface area contributed by atoms with E-state index in [1.165, 1.54) is 54.0 Å². The summed E-state index contributed by atoms with van der Waals surface area (Å²) in [6, 6.07) is 8.74. The Morgan fingerprint density at radius 3 is 2.34 bits per heavy atom. The third kappa shape index (κ3) is 5.14. The highest BCUT2D eigenvalue weighted by Crippen LogP contribution is 2.40. The quantitative estimate of drug-likeness (QED) is 0.466. The van der Waals surface area contributed by atoms with Crippen LogP contribution in [0.1, 0.15) is 28.8 Å². The van der Waals surface area contributed by atoms with E-state index >= 15 is 8.78 Å². The number of benzene rings is 2. The Balaban J connectivity index is 1.81. The molecule has 1 aromatic heterocycles. The molecule has 0 radical (unpaired) electrons. The van der Waals surface area contributed by atoms with Crippen molar-refractivity contribution in [3.8, 4) is 5.75 Å². The molecule has 4 rings (SSSR count). The van der Waals surface area contributed by atoms with E-state index in [1.807, 2.05) is 0 Å². The second-order valence-corrected chi connectivity index (χ2v) is 9.26. The molecule has 0 saturated carbocycles. The summed E-state index contributed by atoms with van der Waals surface area (Å²) >= 11 is 5.91. The molecular weight excluding hydrogens is 520 g/mol. The third-order valence-corrected chi connectivity index (χ3v) is 6.85. The number of rotatable bonds is 8. The van der Waals surface area contributed by atoms with E-state index < -0.39 is 52.6 Å². The number of carbonyl (C=O) groups excluding carboxylic acids is 2. The fraction of sp³-hybridized carbons (Fsp3) is 0.296. The van der Waals surface area contributed by atoms with Crippen LogP contribution < -0.4 is 20.5 Å². The number of aromatic nitrogens is 1. The average molecular weight is 546 g/mol. The lowest BCUT2D eigenvalue weighted by Gasteiger charge is -2.26. The van der Waals surface area contributed by atoms with Crippen molar-refractivity contribution < 1.29 is 27.8 Å². The number of nitrogens with zero attached hydrogens (tertiary/aromatic N) is 2. The standard InChI is InChI=1S/C27H26ClF2N3O5/c1-15-22(23-19(29)13-18(38-3)14-20(23)30)24(31-25(34)16-6-8-17(28)9-7-16)27(36)33(15)21-5-4-10-32(26(21)35)11-12-37-2/h4-10,13-15,22,24H,11-12H2,1-3H3,(H,31,34)/t15-,22-,24-/m0/s1. The average Bonchev–Trinajstić information content (AvgIpc) is 3.12. The lowest BCUT2D eigenvalue weighted by molar-refractivity contribution is -0.118. The number of halogens is 3. The number of ether oxygens (including phenoxy) is 2. The van der Waals surface area contributed by atoms with E-state index in [9.17, 15) is 14.4 Å². The maximum absolute atomic E-state index is 15.3. The van der Waals surface area contributed by atoms with Crippen LogP contribution in [0.15, 0.2) is 59.5 Å². The first kappa shape index (κ1) is 27.3. The van der Waals surface area contributed by atoms with E-state index in [0.717, 1.165) is 12.1 Å². The minimum Gasteiger partial charge on any atom is -0.497 e. The Morgan fingerprint density at radius 2 is 1.74 bits per heavy atom. The van der Waals surface area contributed by atoms with Crippen molar-refractivity contribution in [1.82, 2.24) is 9.88 Å². The van der Waals surface area contributed by atoms with E-state index in [1.54, 1.807) is 19.2 Å². The van der Waals surface area contributed by atoms with Gasteiger partial charge in [0.05, 0.1) is 13.7 Å². The molecule has 0 unspecified atom stereocenters. The summed E-state index contributed by atoms with van der Waals surface area (Å²) in [7, 11) is 2.77. The predicted octanol–water partition coefficient (Wildman–Crippen LogP) is 3.75. The molecule has 2 aromatic carbocycles. The molecular formula is C27H26ClF2N3O5. The molecule has 200 valence electrons. The van der Waals surface area contributed by atoms with Gasteiger partial charge in [0, 0.05) is 60.1 Å². The topological polar surface area (TPSA) is 89.9 Å². The van der Waals surface area contributed by atoms with Gasteiger partial charge < -0.3 is 24.3 Å². The van der Waals surface area contributed by atoms with E-state index in [0.29, 0.717) is 5.02 Å². The largest absolute Gasteiger partial charge is 0.497 e. The molecule has 2 amide bonds. The van der Waals surface area contributed by atoms with Crippen molar-refractivity contribution >= 4 is 29.1 Å². The number of anilines is 1. The van der Waals surface area contributed by atoms with Crippen LogP contribution in [0, 0.1) is 11.6 Å². The second kappa shape index (κ2) is 11.3. The van der Waals surface area contributed by atoms with Crippen LogP contribution in [0.2, 0.25) is 5.02 Å². The molecule has 0 bridgehead atoms. The fourth-order valence-electron chi connectivity index (χ4n) is 4.74. The SMILES string of the molecule is COCCn1cccc(N2C(=O)[C@@H](NC(=O)c3ccc(Cl)cc3)[C@H](c3c(F)cc(OC)cc3F)[C@@H]2C)c1=O. The van der Waals surface area contributed by atoms with Crippen molar-refractivity contribution in [2.24, 2.45) is 0 Å². The van der Waals surface area contributed by atoms with Crippen molar-refractivity contribution in [2.75, 3.05) is 25.7 Å². The Labute approximate surface area is 222 Å². The number of methoxy groups -OCH3 is 2. The van der Waals surface area contributed by atoms with Gasteiger partial charge in [-0.15, -0.1) is 0 Å². The molecule has 1 aliphatic rings. The summed E-state index contributed by atoms with van der Waals surface area (Å²) in [5.41, 5.74) is -0.664. The Bertz CT molecular complexity index is 1390. The number of amides is 2. The van der Waals surface area contributed by atoms with Crippen LogP contribution in [0.5, 0.6) is 5.75 Å². The Morgan fingerprint density at radius 1 is 1.08 bits per heavy atom. The first-order chi connectivity index (χ1) is 18.2. The number of nitrogens with one attached hydrogen (secondary N) is 1. The van der Waals surface area contributed by atoms with Gasteiger partial charge in [0.1, 0.15) is 29.1 Å².